The number of benzene rings is 1. The molecule has 0 bridgehead atoms. The van der Waals surface area contributed by atoms with E-state index in [0.717, 1.165) is 6.54 Å². The lowest BCUT2D eigenvalue weighted by molar-refractivity contribution is 0.185. The maximum Gasteiger partial charge on any atom is 0.0713 e. The zero-order valence-corrected chi connectivity index (χ0v) is 11.5. The molecule has 1 aromatic carbocycles. The SMILES string of the molecule is COCc1ccc(CN[C@@H](C)c2ccncc2)cc1. The lowest BCUT2D eigenvalue weighted by atomic mass is 10.1. The van der Waals surface area contributed by atoms with E-state index < -0.39 is 0 Å². The number of methoxy groups -OCH3 is 1. The maximum atomic E-state index is 5.10. The second-order valence-electron chi connectivity index (χ2n) is 4.63. The minimum atomic E-state index is 0.321. The molecule has 0 aliphatic carbocycles. The Labute approximate surface area is 114 Å². The van der Waals surface area contributed by atoms with Gasteiger partial charge in [0.05, 0.1) is 6.61 Å². The first-order chi connectivity index (χ1) is 9.29. The van der Waals surface area contributed by atoms with Crippen LogP contribution in [0.1, 0.15) is 29.7 Å². The summed E-state index contributed by atoms with van der Waals surface area (Å²) in [7, 11) is 1.71. The molecule has 0 aliphatic rings. The van der Waals surface area contributed by atoms with Crippen LogP contribution in [0, 0.1) is 0 Å². The van der Waals surface area contributed by atoms with Gasteiger partial charge in [0.15, 0.2) is 0 Å². The van der Waals surface area contributed by atoms with Crippen molar-refractivity contribution < 1.29 is 4.74 Å². The van der Waals surface area contributed by atoms with Gasteiger partial charge in [0, 0.05) is 32.1 Å². The van der Waals surface area contributed by atoms with Crippen molar-refractivity contribution in [1.29, 1.82) is 0 Å². The van der Waals surface area contributed by atoms with Gasteiger partial charge in [-0.1, -0.05) is 24.3 Å². The van der Waals surface area contributed by atoms with Gasteiger partial charge in [0.2, 0.25) is 0 Å². The summed E-state index contributed by atoms with van der Waals surface area (Å²) in [4.78, 5) is 4.03. The molecule has 100 valence electrons. The van der Waals surface area contributed by atoms with E-state index in [9.17, 15) is 0 Å². The molecule has 2 aromatic rings. The average Bonchev–Trinajstić information content (AvgIpc) is 2.47. The summed E-state index contributed by atoms with van der Waals surface area (Å²) in [5, 5.41) is 3.51. The standard InChI is InChI=1S/C16H20N2O/c1-13(16-7-9-17-10-8-16)18-11-14-3-5-15(6-4-14)12-19-2/h3-10,13,18H,11-12H2,1-2H3/t13-/m0/s1. The van der Waals surface area contributed by atoms with Crippen molar-refractivity contribution in [3.8, 4) is 0 Å². The van der Waals surface area contributed by atoms with Crippen LogP contribution < -0.4 is 5.32 Å². The zero-order valence-electron chi connectivity index (χ0n) is 11.5. The van der Waals surface area contributed by atoms with Crippen molar-refractivity contribution in [3.63, 3.8) is 0 Å². The van der Waals surface area contributed by atoms with Crippen molar-refractivity contribution in [2.45, 2.75) is 26.1 Å². The molecule has 0 spiro atoms. The number of ether oxygens (including phenoxy) is 1. The van der Waals surface area contributed by atoms with Crippen LogP contribution in [0.25, 0.3) is 0 Å². The average molecular weight is 256 g/mol. The molecule has 1 atom stereocenters. The Kier molecular flexibility index (Phi) is 5.07. The number of hydrogen-bond donors (Lipinski definition) is 1. The van der Waals surface area contributed by atoms with Crippen LogP contribution in [-0.2, 0) is 17.9 Å². The van der Waals surface area contributed by atoms with Crippen LogP contribution >= 0.6 is 0 Å². The summed E-state index contributed by atoms with van der Waals surface area (Å²) in [6.45, 7) is 3.69. The summed E-state index contributed by atoms with van der Waals surface area (Å²) in [5.74, 6) is 0. The van der Waals surface area contributed by atoms with Gasteiger partial charge in [0.1, 0.15) is 0 Å². The Balaban J connectivity index is 1.88. The van der Waals surface area contributed by atoms with E-state index in [4.69, 9.17) is 4.74 Å². The third-order valence-corrected chi connectivity index (χ3v) is 3.15. The molecule has 0 radical (unpaired) electrons. The van der Waals surface area contributed by atoms with E-state index in [1.54, 1.807) is 7.11 Å². The number of rotatable bonds is 6. The summed E-state index contributed by atoms with van der Waals surface area (Å²) in [6, 6.07) is 12.9. The molecule has 1 N–H and O–H groups in total. The zero-order chi connectivity index (χ0) is 13.5. The van der Waals surface area contributed by atoms with E-state index in [-0.39, 0.29) is 0 Å². The highest BCUT2D eigenvalue weighted by atomic mass is 16.5. The third-order valence-electron chi connectivity index (χ3n) is 3.15. The molecular weight excluding hydrogens is 236 g/mol. The molecular formula is C16H20N2O. The largest absolute Gasteiger partial charge is 0.380 e. The van der Waals surface area contributed by atoms with E-state index >= 15 is 0 Å². The lowest BCUT2D eigenvalue weighted by Crippen LogP contribution is -2.18. The number of aromatic nitrogens is 1. The number of nitrogens with zero attached hydrogens (tertiary/aromatic N) is 1. The molecule has 3 nitrogen and oxygen atoms in total. The third kappa shape index (κ3) is 4.16. The minimum Gasteiger partial charge on any atom is -0.380 e. The summed E-state index contributed by atoms with van der Waals surface area (Å²) >= 11 is 0. The molecule has 0 aliphatic heterocycles. The highest BCUT2D eigenvalue weighted by molar-refractivity contribution is 5.22. The topological polar surface area (TPSA) is 34.1 Å². The van der Waals surface area contributed by atoms with Gasteiger partial charge < -0.3 is 10.1 Å². The smallest absolute Gasteiger partial charge is 0.0713 e. The Hall–Kier alpha value is -1.71. The van der Waals surface area contributed by atoms with Gasteiger partial charge in [-0.3, -0.25) is 4.98 Å². The second kappa shape index (κ2) is 7.02. The maximum absolute atomic E-state index is 5.10. The Bertz CT molecular complexity index is 482. The van der Waals surface area contributed by atoms with Crippen LogP contribution in [0.15, 0.2) is 48.8 Å². The molecule has 1 aromatic heterocycles. The first-order valence-corrected chi connectivity index (χ1v) is 6.49. The van der Waals surface area contributed by atoms with E-state index in [0.29, 0.717) is 12.6 Å². The molecule has 0 saturated heterocycles. The van der Waals surface area contributed by atoms with Crippen LogP contribution in [0.5, 0.6) is 0 Å². The van der Waals surface area contributed by atoms with Crippen LogP contribution in [0.3, 0.4) is 0 Å². The van der Waals surface area contributed by atoms with Gasteiger partial charge >= 0.3 is 0 Å². The van der Waals surface area contributed by atoms with Crippen molar-refractivity contribution in [1.82, 2.24) is 10.3 Å². The Morgan fingerprint density at radius 2 is 1.68 bits per heavy atom. The fraction of sp³-hybridized carbons (Fsp3) is 0.312. The van der Waals surface area contributed by atoms with Crippen molar-refractivity contribution in [2.75, 3.05) is 7.11 Å². The molecule has 3 heteroatoms. The predicted octanol–water partition coefficient (Wildman–Crippen LogP) is 3.08. The van der Waals surface area contributed by atoms with Gasteiger partial charge in [-0.2, -0.15) is 0 Å². The van der Waals surface area contributed by atoms with Gasteiger partial charge in [0.25, 0.3) is 0 Å². The quantitative estimate of drug-likeness (QED) is 0.862. The van der Waals surface area contributed by atoms with Gasteiger partial charge in [-0.15, -0.1) is 0 Å². The first kappa shape index (κ1) is 13.7. The summed E-state index contributed by atoms with van der Waals surface area (Å²) < 4.78 is 5.10. The van der Waals surface area contributed by atoms with Crippen molar-refractivity contribution in [2.24, 2.45) is 0 Å². The highest BCUT2D eigenvalue weighted by Gasteiger charge is 2.04. The number of hydrogen-bond acceptors (Lipinski definition) is 3. The lowest BCUT2D eigenvalue weighted by Gasteiger charge is -2.14. The van der Waals surface area contributed by atoms with Crippen molar-refractivity contribution in [3.05, 3.63) is 65.5 Å². The Morgan fingerprint density at radius 1 is 1.05 bits per heavy atom. The summed E-state index contributed by atoms with van der Waals surface area (Å²) in [5.41, 5.74) is 3.74. The number of nitrogens with one attached hydrogen (secondary N) is 1. The van der Waals surface area contributed by atoms with Gasteiger partial charge in [-0.25, -0.2) is 0 Å². The van der Waals surface area contributed by atoms with Crippen LogP contribution in [-0.4, -0.2) is 12.1 Å². The molecule has 0 unspecified atom stereocenters. The molecule has 0 amide bonds. The molecule has 0 saturated carbocycles. The van der Waals surface area contributed by atoms with E-state index in [2.05, 4.69) is 41.5 Å². The second-order valence-corrected chi connectivity index (χ2v) is 4.63. The van der Waals surface area contributed by atoms with E-state index in [1.807, 2.05) is 24.5 Å². The predicted molar refractivity (Wildman–Crippen MR) is 76.6 cm³/mol. The first-order valence-electron chi connectivity index (χ1n) is 6.49. The fourth-order valence-corrected chi connectivity index (χ4v) is 1.96. The highest BCUT2D eigenvalue weighted by Crippen LogP contribution is 2.12. The molecule has 1 heterocycles. The molecule has 2 rings (SSSR count). The normalized spacial score (nSPS) is 12.3. The van der Waals surface area contributed by atoms with Crippen LogP contribution in [0.2, 0.25) is 0 Å². The monoisotopic (exact) mass is 256 g/mol. The van der Waals surface area contributed by atoms with Crippen LogP contribution in [0.4, 0.5) is 0 Å². The summed E-state index contributed by atoms with van der Waals surface area (Å²) in [6.07, 6.45) is 3.65. The minimum absolute atomic E-state index is 0.321. The fourth-order valence-electron chi connectivity index (χ4n) is 1.96. The number of pyridine rings is 1. The van der Waals surface area contributed by atoms with E-state index in [1.165, 1.54) is 16.7 Å². The van der Waals surface area contributed by atoms with Gasteiger partial charge in [-0.05, 0) is 35.7 Å². The van der Waals surface area contributed by atoms with Crippen molar-refractivity contribution >= 4 is 0 Å². The molecule has 0 fully saturated rings. The molecule has 19 heavy (non-hydrogen) atoms. The Morgan fingerprint density at radius 3 is 2.32 bits per heavy atom.